The number of aliphatic hydroxyl groups is 1. The molecule has 1 N–H and O–H groups in total. The number of halogens is 5. The summed E-state index contributed by atoms with van der Waals surface area (Å²) in [5, 5.41) is 7.46. The summed E-state index contributed by atoms with van der Waals surface area (Å²) in [6.45, 7) is 3.04. The second-order valence-corrected chi connectivity index (χ2v) is 47.3. The Hall–Kier alpha value is 2.15. The van der Waals surface area contributed by atoms with Crippen molar-refractivity contribution < 1.29 is 15.5 Å². The molecule has 1 nitrogen and oxygen atoms in total. The Morgan fingerprint density at radius 1 is 1.11 bits per heavy atom. The van der Waals surface area contributed by atoms with E-state index < -0.39 is 10.4 Å². The van der Waals surface area contributed by atoms with Gasteiger partial charge in [-0.15, -0.1) is 0 Å². The summed E-state index contributed by atoms with van der Waals surface area (Å²) in [5.41, 5.74) is 0. The van der Waals surface area contributed by atoms with Gasteiger partial charge in [0.1, 0.15) is 0 Å². The average Bonchev–Trinajstić information content (AvgIpc) is 1.23. The molecule has 0 aliphatic rings. The summed E-state index contributed by atoms with van der Waals surface area (Å²) < 4.78 is 0. The maximum atomic E-state index is 7.46. The molecule has 0 unspecified atom stereocenters. The third kappa shape index (κ3) is 146. The summed E-state index contributed by atoms with van der Waals surface area (Å²) in [5.74, 6) is 0. The van der Waals surface area contributed by atoms with Crippen LogP contribution in [0.1, 0.15) is 0 Å². The zero-order chi connectivity index (χ0) is 8.15. The van der Waals surface area contributed by atoms with E-state index in [4.69, 9.17) is 51.1 Å². The first-order valence-electron chi connectivity index (χ1n) is 1.66. The number of aliphatic hydroxyl groups excluding tert-OH is 1. The zero-order valence-corrected chi connectivity index (χ0v) is 11.2. The van der Waals surface area contributed by atoms with E-state index in [0.717, 1.165) is 0 Å². The van der Waals surface area contributed by atoms with E-state index in [1.807, 2.05) is 0 Å². The first-order valence-corrected chi connectivity index (χ1v) is 21.6. The molecule has 0 aromatic rings. The van der Waals surface area contributed by atoms with Crippen molar-refractivity contribution in [3.63, 3.8) is 0 Å². The van der Waals surface area contributed by atoms with Crippen molar-refractivity contribution >= 4 is 45.9 Å². The number of hydrogen-bond donors (Lipinski definition) is 1. The fourth-order valence-electron chi connectivity index (χ4n) is 0. The van der Waals surface area contributed by atoms with Crippen LogP contribution in [-0.2, 0) is 10.4 Å². The molecule has 9 heavy (non-hydrogen) atoms. The first-order chi connectivity index (χ1) is 3.65. The van der Waals surface area contributed by atoms with Crippen molar-refractivity contribution in [2.45, 2.75) is 0 Å². The normalized spacial score (nSPS) is 14.8. The van der Waals surface area contributed by atoms with Crippen molar-refractivity contribution in [1.29, 1.82) is 0 Å². The zero-order valence-electron chi connectivity index (χ0n) is 4.20. The van der Waals surface area contributed by atoms with Crippen LogP contribution in [0.25, 0.3) is 0 Å². The van der Waals surface area contributed by atoms with Crippen LogP contribution in [0.4, 0.5) is 0 Å². The van der Waals surface area contributed by atoms with E-state index in [9.17, 15) is 0 Å². The predicted molar refractivity (Wildman–Crippen MR) is 41.7 cm³/mol. The van der Waals surface area contributed by atoms with E-state index in [1.165, 1.54) is 0 Å². The molecule has 0 rings (SSSR count). The minimum atomic E-state index is -4.44. The van der Waals surface area contributed by atoms with Crippen LogP contribution in [0, 0.1) is 6.92 Å². The Kier molecular flexibility index (Phi) is 7.49. The van der Waals surface area contributed by atoms with E-state index in [1.54, 1.807) is 0 Å². The first kappa shape index (κ1) is 13.7. The molecule has 0 amide bonds. The summed E-state index contributed by atoms with van der Waals surface area (Å²) in [7, 11) is 20.9. The summed E-state index contributed by atoms with van der Waals surface area (Å²) in [4.78, 5) is 0. The van der Waals surface area contributed by atoms with Crippen molar-refractivity contribution in [1.82, 2.24) is 0 Å². The van der Waals surface area contributed by atoms with Gasteiger partial charge in [0.2, 0.25) is 0 Å². The molecular formula is C2H5Cl5OTa-. The van der Waals surface area contributed by atoms with Gasteiger partial charge in [0, 0.05) is 0 Å². The second-order valence-electron chi connectivity index (χ2n) is 0.862. The Balaban J connectivity index is 0. The molecule has 0 saturated heterocycles. The minimum absolute atomic E-state index is 0. The molecule has 0 bridgehead atoms. The second kappa shape index (κ2) is 4.91. The van der Waals surface area contributed by atoms with Crippen molar-refractivity contribution in [2.75, 3.05) is 6.61 Å². The monoisotopic (exact) mass is 401 g/mol. The molecule has 0 spiro atoms. The Morgan fingerprint density at radius 3 is 1.11 bits per heavy atom. The molecule has 0 aromatic heterocycles. The summed E-state index contributed by atoms with van der Waals surface area (Å²) >= 11 is 0. The van der Waals surface area contributed by atoms with Crippen LogP contribution in [0.5, 0.6) is 0 Å². The fraction of sp³-hybridized carbons (Fsp3) is 0.500. The molecule has 0 radical (unpaired) electrons. The molecule has 0 aliphatic carbocycles. The SMILES string of the molecule is [CH2-]CO.[Cl][Ta]([Cl])([Cl])([Cl])[Cl]. The number of rotatable bonds is 0. The van der Waals surface area contributed by atoms with Crippen molar-refractivity contribution in [3.8, 4) is 0 Å². The molecule has 0 aromatic carbocycles. The Morgan fingerprint density at radius 2 is 1.11 bits per heavy atom. The third-order valence-corrected chi connectivity index (χ3v) is 0. The van der Waals surface area contributed by atoms with Gasteiger partial charge in [-0.1, -0.05) is 6.61 Å². The van der Waals surface area contributed by atoms with Gasteiger partial charge in [-0.05, 0) is 0 Å². The Labute approximate surface area is 74.2 Å². The predicted octanol–water partition coefficient (Wildman–Crippen LogP) is 3.26. The van der Waals surface area contributed by atoms with Gasteiger partial charge >= 0.3 is 56.4 Å². The van der Waals surface area contributed by atoms with E-state index in [0.29, 0.717) is 0 Å². The number of hydrogen-bond acceptors (Lipinski definition) is 1. The topological polar surface area (TPSA) is 20.2 Å². The van der Waals surface area contributed by atoms with Gasteiger partial charge in [-0.25, -0.2) is 0 Å². The van der Waals surface area contributed by atoms with Gasteiger partial charge in [0.15, 0.2) is 0 Å². The quantitative estimate of drug-likeness (QED) is 0.616. The summed E-state index contributed by atoms with van der Waals surface area (Å²) in [6.07, 6.45) is 0. The molecule has 60 valence electrons. The van der Waals surface area contributed by atoms with Gasteiger partial charge in [-0.2, -0.15) is 0 Å². The molecule has 0 atom stereocenters. The van der Waals surface area contributed by atoms with Gasteiger partial charge < -0.3 is 12.0 Å². The molecular weight excluding hydrogens is 398 g/mol. The van der Waals surface area contributed by atoms with Gasteiger partial charge in [0.05, 0.1) is 0 Å². The van der Waals surface area contributed by atoms with Crippen LogP contribution in [0.2, 0.25) is 0 Å². The summed E-state index contributed by atoms with van der Waals surface area (Å²) in [6, 6.07) is 0. The van der Waals surface area contributed by atoms with Crippen LogP contribution < -0.4 is 0 Å². The molecule has 0 aliphatic heterocycles. The third-order valence-electron chi connectivity index (χ3n) is 0. The van der Waals surface area contributed by atoms with Crippen LogP contribution in [-0.4, -0.2) is 11.7 Å². The molecule has 7 heteroatoms. The van der Waals surface area contributed by atoms with Crippen molar-refractivity contribution in [3.05, 3.63) is 6.92 Å². The van der Waals surface area contributed by atoms with E-state index >= 15 is 0 Å². The molecule has 0 saturated carbocycles. The van der Waals surface area contributed by atoms with Crippen molar-refractivity contribution in [2.24, 2.45) is 0 Å². The van der Waals surface area contributed by atoms with E-state index in [2.05, 4.69) is 6.92 Å². The van der Waals surface area contributed by atoms with Crippen LogP contribution in [0.15, 0.2) is 0 Å². The maximum absolute atomic E-state index is 7.46. The molecule has 0 fully saturated rings. The Bertz CT molecular complexity index is 57.8. The van der Waals surface area contributed by atoms with Gasteiger partial charge in [0.25, 0.3) is 0 Å². The van der Waals surface area contributed by atoms with Gasteiger partial charge in [-0.3, -0.25) is 0 Å². The van der Waals surface area contributed by atoms with E-state index in [-0.39, 0.29) is 6.61 Å². The van der Waals surface area contributed by atoms with Crippen LogP contribution in [0.3, 0.4) is 0 Å². The van der Waals surface area contributed by atoms with Crippen LogP contribution >= 0.6 is 45.9 Å². The standard InChI is InChI=1S/C2H5O.5ClH.Ta/c1-2-3;;;;;;/h3H,1-2H2;5*1H;/q-1;;;;;;+5/p-5. The fourth-order valence-corrected chi connectivity index (χ4v) is 0. The average molecular weight is 403 g/mol. The molecule has 0 heterocycles.